The first kappa shape index (κ1) is 11.6. The molecule has 5 nitrogen and oxygen atoms in total. The van der Waals surface area contributed by atoms with Crippen LogP contribution >= 0.6 is 0 Å². The topological polar surface area (TPSA) is 69.1 Å². The van der Waals surface area contributed by atoms with E-state index in [0.29, 0.717) is 16.9 Å². The van der Waals surface area contributed by atoms with Crippen molar-refractivity contribution in [3.63, 3.8) is 0 Å². The summed E-state index contributed by atoms with van der Waals surface area (Å²) in [7, 11) is 0. The summed E-state index contributed by atoms with van der Waals surface area (Å²) in [4.78, 5) is 13.9. The molecule has 21 heavy (non-hydrogen) atoms. The van der Waals surface area contributed by atoms with Crippen LogP contribution < -0.4 is 0 Å². The Morgan fingerprint density at radius 2 is 2.05 bits per heavy atom. The van der Waals surface area contributed by atoms with Gasteiger partial charge in [0.1, 0.15) is 5.65 Å². The van der Waals surface area contributed by atoms with Gasteiger partial charge in [-0.1, -0.05) is 6.07 Å². The standard InChI is InChI=1S/C16H10N4O/c1-17-10-3-5-12-11(8-10)14(16(21)20-12)13-4-2-9-6-7-18-15(9)19-13/h2-8,20-21H,(H,18,19). The monoisotopic (exact) mass is 274 g/mol. The average molecular weight is 274 g/mol. The average Bonchev–Trinajstić information content (AvgIpc) is 3.08. The lowest BCUT2D eigenvalue weighted by molar-refractivity contribution is 0.460. The zero-order valence-electron chi connectivity index (χ0n) is 10.9. The molecule has 0 fully saturated rings. The molecule has 3 aromatic heterocycles. The highest BCUT2D eigenvalue weighted by molar-refractivity contribution is 6.00. The van der Waals surface area contributed by atoms with Crippen LogP contribution in [-0.4, -0.2) is 20.1 Å². The molecule has 0 radical (unpaired) electrons. The van der Waals surface area contributed by atoms with Crippen LogP contribution in [0.1, 0.15) is 0 Å². The number of nitrogens with zero attached hydrogens (tertiary/aromatic N) is 2. The van der Waals surface area contributed by atoms with E-state index in [-0.39, 0.29) is 5.88 Å². The summed E-state index contributed by atoms with van der Waals surface area (Å²) in [5.74, 6) is 0.0607. The molecular weight excluding hydrogens is 264 g/mol. The number of nitrogens with one attached hydrogen (secondary N) is 2. The molecule has 4 aromatic rings. The Bertz CT molecular complexity index is 1020. The number of hydrogen-bond acceptors (Lipinski definition) is 2. The van der Waals surface area contributed by atoms with Gasteiger partial charge in [0.2, 0.25) is 0 Å². The molecule has 3 N–H and O–H groups in total. The minimum absolute atomic E-state index is 0.0607. The second-order valence-electron chi connectivity index (χ2n) is 4.80. The number of rotatable bonds is 1. The van der Waals surface area contributed by atoms with E-state index in [9.17, 15) is 5.11 Å². The van der Waals surface area contributed by atoms with Crippen molar-refractivity contribution >= 4 is 27.6 Å². The summed E-state index contributed by atoms with van der Waals surface area (Å²) in [6.07, 6.45) is 1.83. The molecule has 0 saturated heterocycles. The van der Waals surface area contributed by atoms with Crippen molar-refractivity contribution in [3.8, 4) is 17.1 Å². The molecule has 0 amide bonds. The summed E-state index contributed by atoms with van der Waals surface area (Å²) >= 11 is 0. The van der Waals surface area contributed by atoms with Gasteiger partial charge in [0, 0.05) is 22.5 Å². The maximum absolute atomic E-state index is 10.2. The summed E-state index contributed by atoms with van der Waals surface area (Å²) in [5, 5.41) is 12.0. The summed E-state index contributed by atoms with van der Waals surface area (Å²) < 4.78 is 0. The number of fused-ring (bicyclic) bond motifs is 2. The predicted octanol–water partition coefficient (Wildman–Crippen LogP) is 3.97. The van der Waals surface area contributed by atoms with Crippen molar-refractivity contribution in [2.75, 3.05) is 0 Å². The maximum atomic E-state index is 10.2. The van der Waals surface area contributed by atoms with Crippen LogP contribution in [-0.2, 0) is 0 Å². The lowest BCUT2D eigenvalue weighted by atomic mass is 10.1. The molecule has 0 unspecified atom stereocenters. The van der Waals surface area contributed by atoms with Gasteiger partial charge in [-0.25, -0.2) is 9.83 Å². The van der Waals surface area contributed by atoms with Crippen molar-refractivity contribution in [2.24, 2.45) is 0 Å². The lowest BCUT2D eigenvalue weighted by Crippen LogP contribution is -1.83. The Kier molecular flexibility index (Phi) is 2.27. The number of benzene rings is 1. The smallest absolute Gasteiger partial charge is 0.199 e. The van der Waals surface area contributed by atoms with Gasteiger partial charge in [-0.15, -0.1) is 0 Å². The van der Waals surface area contributed by atoms with Gasteiger partial charge in [0.25, 0.3) is 0 Å². The van der Waals surface area contributed by atoms with Gasteiger partial charge in [-0.05, 0) is 30.3 Å². The number of aromatic amines is 2. The van der Waals surface area contributed by atoms with Crippen LogP contribution in [0, 0.1) is 6.57 Å². The molecule has 4 rings (SSSR count). The number of hydrogen-bond donors (Lipinski definition) is 3. The van der Waals surface area contributed by atoms with E-state index in [1.54, 1.807) is 18.2 Å². The Labute approximate surface area is 119 Å². The number of pyridine rings is 1. The van der Waals surface area contributed by atoms with E-state index in [4.69, 9.17) is 6.57 Å². The molecule has 5 heteroatoms. The minimum Gasteiger partial charge on any atom is -0.494 e. The number of H-pyrrole nitrogens is 2. The van der Waals surface area contributed by atoms with Crippen LogP contribution in [0.5, 0.6) is 5.88 Å². The quantitative estimate of drug-likeness (QED) is 0.460. The van der Waals surface area contributed by atoms with Crippen molar-refractivity contribution in [1.82, 2.24) is 15.0 Å². The van der Waals surface area contributed by atoms with Gasteiger partial charge in [-0.2, -0.15) is 0 Å². The molecule has 0 aliphatic carbocycles. The highest BCUT2D eigenvalue weighted by atomic mass is 16.3. The van der Waals surface area contributed by atoms with Crippen LogP contribution in [0.2, 0.25) is 0 Å². The first-order valence-electron chi connectivity index (χ1n) is 6.43. The normalized spacial score (nSPS) is 11.0. The molecule has 0 bridgehead atoms. The number of aromatic nitrogens is 3. The van der Waals surface area contributed by atoms with Crippen LogP contribution in [0.3, 0.4) is 0 Å². The molecule has 0 saturated carbocycles. The Morgan fingerprint density at radius 3 is 2.90 bits per heavy atom. The Morgan fingerprint density at radius 1 is 1.14 bits per heavy atom. The van der Waals surface area contributed by atoms with E-state index < -0.39 is 0 Å². The van der Waals surface area contributed by atoms with E-state index >= 15 is 0 Å². The molecular formula is C16H10N4O. The summed E-state index contributed by atoms with van der Waals surface area (Å²) in [6.45, 7) is 7.12. The summed E-state index contributed by atoms with van der Waals surface area (Å²) in [6, 6.07) is 11.0. The predicted molar refractivity (Wildman–Crippen MR) is 81.3 cm³/mol. The highest BCUT2D eigenvalue weighted by Gasteiger charge is 2.15. The van der Waals surface area contributed by atoms with Crippen molar-refractivity contribution in [2.45, 2.75) is 0 Å². The third kappa shape index (κ3) is 1.66. The molecule has 3 heterocycles. The van der Waals surface area contributed by atoms with Crippen LogP contribution in [0.25, 0.3) is 38.0 Å². The van der Waals surface area contributed by atoms with E-state index in [1.165, 1.54) is 0 Å². The first-order valence-corrected chi connectivity index (χ1v) is 6.43. The third-order valence-corrected chi connectivity index (χ3v) is 3.56. The lowest BCUT2D eigenvalue weighted by Gasteiger charge is -2.01. The third-order valence-electron chi connectivity index (χ3n) is 3.56. The maximum Gasteiger partial charge on any atom is 0.199 e. The molecule has 0 atom stereocenters. The zero-order valence-corrected chi connectivity index (χ0v) is 10.9. The van der Waals surface area contributed by atoms with Crippen molar-refractivity contribution in [1.29, 1.82) is 0 Å². The molecule has 1 aromatic carbocycles. The van der Waals surface area contributed by atoms with Crippen LogP contribution in [0.15, 0.2) is 42.6 Å². The second-order valence-corrected chi connectivity index (χ2v) is 4.80. The van der Waals surface area contributed by atoms with Crippen molar-refractivity contribution < 1.29 is 5.11 Å². The van der Waals surface area contributed by atoms with E-state index in [1.807, 2.05) is 24.4 Å². The zero-order chi connectivity index (χ0) is 14.4. The SMILES string of the molecule is [C-]#[N+]c1ccc2[nH]c(O)c(-c3ccc4cc[nH]c4n3)c2c1. The molecule has 0 spiro atoms. The second kappa shape index (κ2) is 4.12. The van der Waals surface area contributed by atoms with Gasteiger partial charge in [0.15, 0.2) is 11.6 Å². The fourth-order valence-corrected chi connectivity index (χ4v) is 2.56. The van der Waals surface area contributed by atoms with Gasteiger partial charge in [-0.3, -0.25) is 0 Å². The largest absolute Gasteiger partial charge is 0.494 e. The van der Waals surface area contributed by atoms with E-state index in [0.717, 1.165) is 21.9 Å². The Hall–Kier alpha value is -3.26. The fraction of sp³-hybridized carbons (Fsp3) is 0. The molecule has 0 aliphatic heterocycles. The minimum atomic E-state index is 0.0607. The first-order chi connectivity index (χ1) is 10.3. The fourth-order valence-electron chi connectivity index (χ4n) is 2.56. The molecule has 0 aliphatic rings. The van der Waals surface area contributed by atoms with Crippen molar-refractivity contribution in [3.05, 3.63) is 54.0 Å². The van der Waals surface area contributed by atoms with Gasteiger partial charge < -0.3 is 15.1 Å². The number of aromatic hydroxyl groups is 1. The van der Waals surface area contributed by atoms with Gasteiger partial charge >= 0.3 is 0 Å². The van der Waals surface area contributed by atoms with E-state index in [2.05, 4.69) is 19.8 Å². The highest BCUT2D eigenvalue weighted by Crippen LogP contribution is 2.37. The van der Waals surface area contributed by atoms with Crippen LogP contribution in [0.4, 0.5) is 5.69 Å². The van der Waals surface area contributed by atoms with Gasteiger partial charge in [0.05, 0.1) is 17.8 Å². The summed E-state index contributed by atoms with van der Waals surface area (Å²) in [5.41, 5.74) is 3.36. The Balaban J connectivity index is 2.04. The molecule has 100 valence electrons.